The number of carbonyl (C=O) groups is 4. The summed E-state index contributed by atoms with van der Waals surface area (Å²) < 4.78 is 62.6. The third kappa shape index (κ3) is 15.5. The summed E-state index contributed by atoms with van der Waals surface area (Å²) in [5.74, 6) is -2.13. The fourth-order valence-corrected chi connectivity index (χ4v) is 8.94. The van der Waals surface area contributed by atoms with E-state index in [1.54, 1.807) is 0 Å². The fraction of sp³-hybridized carbons (Fsp3) is 0.690. The lowest BCUT2D eigenvalue weighted by Gasteiger charge is -2.30. The number of aliphatic hydroxyl groups is 2. The van der Waals surface area contributed by atoms with Gasteiger partial charge in [0.2, 0.25) is 11.8 Å². The minimum atomic E-state index is -5.61. The lowest BCUT2D eigenvalue weighted by atomic mass is 9.87. The summed E-state index contributed by atoms with van der Waals surface area (Å²) >= 11 is 1.02. The van der Waals surface area contributed by atoms with E-state index in [0.717, 1.165) is 29.0 Å². The van der Waals surface area contributed by atoms with Gasteiger partial charge in [0.15, 0.2) is 22.3 Å². The van der Waals surface area contributed by atoms with Crippen molar-refractivity contribution in [2.45, 2.75) is 89.4 Å². The number of phosphoric acid groups is 3. The number of nitrogens with two attached hydrogens (primary N) is 1. The first-order valence-electron chi connectivity index (χ1n) is 17.6. The molecular formula is C29H48N7O19P3S. The first-order valence-corrected chi connectivity index (χ1v) is 23.1. The van der Waals surface area contributed by atoms with Crippen LogP contribution in [0, 0.1) is 5.41 Å². The number of hydrogen-bond donors (Lipinski definition) is 10. The van der Waals surface area contributed by atoms with E-state index >= 15 is 0 Å². The number of nitrogens with one attached hydrogen (secondary N) is 2. The Labute approximate surface area is 340 Å². The van der Waals surface area contributed by atoms with Crippen LogP contribution in [0.5, 0.6) is 0 Å². The van der Waals surface area contributed by atoms with E-state index < -0.39 is 90.0 Å². The molecule has 2 aromatic rings. The maximum absolute atomic E-state index is 12.8. The van der Waals surface area contributed by atoms with E-state index in [2.05, 4.69) is 29.9 Å². The number of carboxylic acids is 1. The second-order valence-electron chi connectivity index (χ2n) is 13.8. The number of anilines is 1. The van der Waals surface area contributed by atoms with Crippen LogP contribution in [0.15, 0.2) is 12.7 Å². The van der Waals surface area contributed by atoms with Crippen molar-refractivity contribution in [1.82, 2.24) is 30.2 Å². The number of amides is 2. The third-order valence-corrected chi connectivity index (χ3v) is 12.6. The van der Waals surface area contributed by atoms with Crippen LogP contribution in [-0.2, 0) is 61.2 Å². The van der Waals surface area contributed by atoms with Crippen LogP contribution in [0.3, 0.4) is 0 Å². The quantitative estimate of drug-likeness (QED) is 0.0458. The molecule has 7 unspecified atom stereocenters. The van der Waals surface area contributed by atoms with Crippen molar-refractivity contribution in [3.8, 4) is 0 Å². The SMILES string of the molecule is CC(C)(COP(=O)(O)OP(=O)(O)OCC1OC(C)(n2cnc3c(N)ncnc32)C(O)C1OP(=O)(O)O)C(O)C(=O)NCCC(=O)NCCSC(=O)CCCCCC(=O)O. The largest absolute Gasteiger partial charge is 0.481 e. The maximum Gasteiger partial charge on any atom is 0.481 e. The van der Waals surface area contributed by atoms with Crippen molar-refractivity contribution in [2.24, 2.45) is 5.41 Å². The number of phosphoric ester groups is 3. The summed E-state index contributed by atoms with van der Waals surface area (Å²) in [7, 11) is -16.5. The summed E-state index contributed by atoms with van der Waals surface area (Å²) in [6.07, 6.45) is -3.63. The van der Waals surface area contributed by atoms with Gasteiger partial charge in [-0.15, -0.1) is 0 Å². The molecule has 0 spiro atoms. The Balaban J connectivity index is 1.47. The van der Waals surface area contributed by atoms with Crippen LogP contribution in [0.4, 0.5) is 5.82 Å². The number of hydrogen-bond acceptors (Lipinski definition) is 19. The average Bonchev–Trinajstić information content (AvgIpc) is 3.67. The summed E-state index contributed by atoms with van der Waals surface area (Å²) in [5.41, 5.74) is 2.26. The number of fused-ring (bicyclic) bond motifs is 1. The highest BCUT2D eigenvalue weighted by Crippen LogP contribution is 2.61. The standard InChI is InChI=1S/C29H48N7O19P3S/c1-28(2,24(42)27(43)32-10-9-18(37)31-11-12-59-20(40)8-6-4-5-7-19(38)39)14-52-58(49,50)55-57(47,48)51-13-17-22(54-56(44,45)46)23(41)29(3,53-17)36-16-35-21-25(30)33-15-34-26(21)36/h15-17,22-24,41-42H,4-14H2,1-3H3,(H,31,37)(H,32,43)(H,38,39)(H,47,48)(H,49,50)(H2,30,33,34)(H2,44,45,46). The molecule has 334 valence electrons. The molecule has 1 saturated heterocycles. The fourth-order valence-electron chi connectivity index (χ4n) is 5.40. The Morgan fingerprint density at radius 2 is 1.66 bits per heavy atom. The molecule has 0 saturated carbocycles. The minimum absolute atomic E-state index is 0.0110. The zero-order chi connectivity index (χ0) is 44.4. The van der Waals surface area contributed by atoms with Gasteiger partial charge >= 0.3 is 29.4 Å². The van der Waals surface area contributed by atoms with Gasteiger partial charge in [0.05, 0.1) is 19.5 Å². The second kappa shape index (κ2) is 21.2. The number of thioether (sulfide) groups is 1. The van der Waals surface area contributed by atoms with E-state index in [9.17, 15) is 62.7 Å². The third-order valence-electron chi connectivity index (χ3n) is 8.52. The van der Waals surface area contributed by atoms with Gasteiger partial charge in [-0.3, -0.25) is 37.3 Å². The van der Waals surface area contributed by atoms with Crippen LogP contribution in [0.2, 0.25) is 0 Å². The lowest BCUT2D eigenvalue weighted by molar-refractivity contribution is -0.137. The van der Waals surface area contributed by atoms with Crippen LogP contribution >= 0.6 is 35.2 Å². The van der Waals surface area contributed by atoms with Crippen LogP contribution < -0.4 is 16.4 Å². The number of unbranched alkanes of at least 4 members (excludes halogenated alkanes) is 2. The minimum Gasteiger partial charge on any atom is -0.481 e. The molecule has 1 aliphatic rings. The smallest absolute Gasteiger partial charge is 0.481 e. The maximum atomic E-state index is 12.8. The van der Waals surface area contributed by atoms with Gasteiger partial charge in [0.1, 0.15) is 36.3 Å². The molecule has 30 heteroatoms. The Morgan fingerprint density at radius 3 is 2.32 bits per heavy atom. The molecule has 7 atom stereocenters. The van der Waals surface area contributed by atoms with E-state index in [-0.39, 0.29) is 54.4 Å². The number of aromatic nitrogens is 4. The number of nitrogens with zero attached hydrogens (tertiary/aromatic N) is 4. The zero-order valence-electron chi connectivity index (χ0n) is 31.9. The monoisotopic (exact) mass is 923 g/mol. The number of ether oxygens (including phenoxy) is 1. The number of imidazole rings is 1. The van der Waals surface area contributed by atoms with Gasteiger partial charge in [-0.2, -0.15) is 4.31 Å². The number of aliphatic hydroxyl groups excluding tert-OH is 2. The Bertz CT molecular complexity index is 1950. The highest BCUT2D eigenvalue weighted by atomic mass is 32.2. The molecule has 11 N–H and O–H groups in total. The van der Waals surface area contributed by atoms with E-state index in [4.69, 9.17) is 29.1 Å². The van der Waals surface area contributed by atoms with E-state index in [1.807, 2.05) is 0 Å². The van der Waals surface area contributed by atoms with E-state index in [1.165, 1.54) is 20.8 Å². The average molecular weight is 924 g/mol. The Kier molecular flexibility index (Phi) is 18.1. The summed E-state index contributed by atoms with van der Waals surface area (Å²) in [4.78, 5) is 98.4. The van der Waals surface area contributed by atoms with Crippen molar-refractivity contribution >= 4 is 75.1 Å². The lowest BCUT2D eigenvalue weighted by Crippen LogP contribution is -2.46. The number of carboxylic acid groups (broad SMARTS) is 1. The molecule has 0 bridgehead atoms. The molecule has 3 rings (SSSR count). The Morgan fingerprint density at radius 1 is 1.00 bits per heavy atom. The van der Waals surface area contributed by atoms with Crippen molar-refractivity contribution in [1.29, 1.82) is 0 Å². The molecular weight excluding hydrogens is 875 g/mol. The summed E-state index contributed by atoms with van der Waals surface area (Å²) in [6, 6.07) is 0. The summed E-state index contributed by atoms with van der Waals surface area (Å²) in [5, 5.41) is 35.1. The van der Waals surface area contributed by atoms with Crippen LogP contribution in [0.1, 0.15) is 59.3 Å². The van der Waals surface area contributed by atoms with Crippen molar-refractivity contribution < 1.29 is 90.4 Å². The molecule has 59 heavy (non-hydrogen) atoms. The van der Waals surface area contributed by atoms with Gasteiger partial charge < -0.3 is 56.0 Å². The predicted molar refractivity (Wildman–Crippen MR) is 202 cm³/mol. The van der Waals surface area contributed by atoms with Crippen molar-refractivity contribution in [3.05, 3.63) is 12.7 Å². The number of aliphatic carboxylic acids is 1. The van der Waals surface area contributed by atoms with Gasteiger partial charge in [-0.05, 0) is 19.8 Å². The predicted octanol–water partition coefficient (Wildman–Crippen LogP) is -0.126. The normalized spacial score (nSPS) is 22.4. The van der Waals surface area contributed by atoms with Crippen LogP contribution in [-0.4, -0.2) is 134 Å². The van der Waals surface area contributed by atoms with Gasteiger partial charge in [-0.1, -0.05) is 32.0 Å². The molecule has 2 aromatic heterocycles. The molecule has 0 aromatic carbocycles. The molecule has 26 nitrogen and oxygen atoms in total. The van der Waals surface area contributed by atoms with Crippen molar-refractivity contribution in [3.63, 3.8) is 0 Å². The molecule has 3 heterocycles. The zero-order valence-corrected chi connectivity index (χ0v) is 35.4. The molecule has 1 fully saturated rings. The first-order chi connectivity index (χ1) is 27.3. The second-order valence-corrected chi connectivity index (χ2v) is 19.2. The van der Waals surface area contributed by atoms with Gasteiger partial charge in [-0.25, -0.2) is 28.6 Å². The van der Waals surface area contributed by atoms with Gasteiger partial charge in [0.25, 0.3) is 0 Å². The number of carbonyl (C=O) groups excluding carboxylic acids is 3. The molecule has 2 amide bonds. The molecule has 0 aliphatic carbocycles. The highest BCUT2D eigenvalue weighted by molar-refractivity contribution is 8.13. The van der Waals surface area contributed by atoms with Crippen LogP contribution in [0.25, 0.3) is 11.2 Å². The highest BCUT2D eigenvalue weighted by Gasteiger charge is 2.57. The Hall–Kier alpha value is -2.97. The first kappa shape index (κ1) is 50.4. The number of nitrogen functional groups attached to an aromatic ring is 1. The van der Waals surface area contributed by atoms with Gasteiger partial charge in [0, 0.05) is 43.5 Å². The molecule has 1 aliphatic heterocycles. The molecule has 0 radical (unpaired) electrons. The summed E-state index contributed by atoms with van der Waals surface area (Å²) in [6.45, 7) is 1.57. The van der Waals surface area contributed by atoms with Crippen molar-refractivity contribution in [2.75, 3.05) is 37.8 Å². The topological polar surface area (TPSA) is 401 Å². The van der Waals surface area contributed by atoms with E-state index in [0.29, 0.717) is 25.0 Å². The number of rotatable bonds is 25.